The van der Waals surface area contributed by atoms with Crippen molar-refractivity contribution in [2.45, 2.75) is 45.7 Å². The molecule has 0 saturated carbocycles. The van der Waals surface area contributed by atoms with Gasteiger partial charge in [-0.3, -0.25) is 0 Å². The summed E-state index contributed by atoms with van der Waals surface area (Å²) in [5.74, 6) is 0. The molecule has 0 spiro atoms. The molecule has 1 saturated heterocycles. The highest BCUT2D eigenvalue weighted by Crippen LogP contribution is 2.35. The molecule has 3 nitrogen and oxygen atoms in total. The van der Waals surface area contributed by atoms with Crippen LogP contribution in [0.1, 0.15) is 34.1 Å². The number of hydrogen-bond donors (Lipinski definition) is 1. The van der Waals surface area contributed by atoms with E-state index in [0.29, 0.717) is 6.54 Å². The SMILES string of the molecule is CC1(C)CN([O])C(C)(C)CC1N. The van der Waals surface area contributed by atoms with Crippen LogP contribution in [0, 0.1) is 5.41 Å². The predicted octanol–water partition coefficient (Wildman–Crippen LogP) is 1.17. The second-order valence-electron chi connectivity index (χ2n) is 5.15. The number of rotatable bonds is 0. The Hall–Kier alpha value is -0.120. The summed E-state index contributed by atoms with van der Waals surface area (Å²) in [5.41, 5.74) is 5.66. The van der Waals surface area contributed by atoms with E-state index in [2.05, 4.69) is 13.8 Å². The molecule has 1 heterocycles. The van der Waals surface area contributed by atoms with Gasteiger partial charge in [-0.25, -0.2) is 0 Å². The van der Waals surface area contributed by atoms with Crippen LogP contribution in [-0.4, -0.2) is 23.2 Å². The molecule has 1 unspecified atom stereocenters. The molecule has 1 aliphatic rings. The molecule has 0 aromatic carbocycles. The summed E-state index contributed by atoms with van der Waals surface area (Å²) < 4.78 is 0. The third-order valence-corrected chi connectivity index (χ3v) is 2.95. The molecule has 1 rings (SSSR count). The molecule has 3 heteroatoms. The van der Waals surface area contributed by atoms with Crippen LogP contribution < -0.4 is 5.73 Å². The Balaban J connectivity index is 2.76. The minimum absolute atomic E-state index is 0.0444. The van der Waals surface area contributed by atoms with Gasteiger partial charge in [0.05, 0.1) is 0 Å². The summed E-state index contributed by atoms with van der Waals surface area (Å²) in [5, 5.41) is 12.7. The lowest BCUT2D eigenvalue weighted by molar-refractivity contribution is -0.253. The monoisotopic (exact) mass is 171 g/mol. The Morgan fingerprint density at radius 1 is 1.33 bits per heavy atom. The molecule has 0 aliphatic carbocycles. The van der Waals surface area contributed by atoms with Crippen molar-refractivity contribution < 1.29 is 5.21 Å². The highest BCUT2D eigenvalue weighted by Gasteiger charge is 2.43. The van der Waals surface area contributed by atoms with Crippen molar-refractivity contribution in [3.05, 3.63) is 0 Å². The first-order valence-electron chi connectivity index (χ1n) is 4.46. The zero-order valence-electron chi connectivity index (χ0n) is 8.42. The summed E-state index contributed by atoms with van der Waals surface area (Å²) in [6.45, 7) is 8.56. The van der Waals surface area contributed by atoms with Gasteiger partial charge in [-0.15, -0.1) is 10.3 Å². The lowest BCUT2D eigenvalue weighted by Crippen LogP contribution is -2.59. The largest absolute Gasteiger partial charge is 0.327 e. The summed E-state index contributed by atoms with van der Waals surface area (Å²) in [4.78, 5) is 0. The normalized spacial score (nSPS) is 35.0. The molecule has 0 amide bonds. The topological polar surface area (TPSA) is 49.2 Å². The molecular weight excluding hydrogens is 152 g/mol. The molecule has 0 bridgehead atoms. The number of nitrogens with two attached hydrogens (primary N) is 1. The summed E-state index contributed by atoms with van der Waals surface area (Å²) >= 11 is 0. The van der Waals surface area contributed by atoms with E-state index < -0.39 is 0 Å². The van der Waals surface area contributed by atoms with Crippen molar-refractivity contribution in [2.75, 3.05) is 6.54 Å². The molecule has 1 fully saturated rings. The van der Waals surface area contributed by atoms with Gasteiger partial charge in [-0.05, 0) is 25.7 Å². The van der Waals surface area contributed by atoms with Gasteiger partial charge in [0, 0.05) is 18.1 Å². The van der Waals surface area contributed by atoms with Crippen molar-refractivity contribution >= 4 is 0 Å². The number of hydroxylamine groups is 2. The van der Waals surface area contributed by atoms with Gasteiger partial charge in [0.2, 0.25) is 0 Å². The Morgan fingerprint density at radius 3 is 2.25 bits per heavy atom. The van der Waals surface area contributed by atoms with Crippen LogP contribution in [0.3, 0.4) is 0 Å². The zero-order chi connectivity index (χ0) is 9.57. The smallest absolute Gasteiger partial charge is 0.0452 e. The average Bonchev–Trinajstić information content (AvgIpc) is 1.82. The maximum atomic E-state index is 11.5. The van der Waals surface area contributed by atoms with Crippen LogP contribution in [-0.2, 0) is 5.21 Å². The van der Waals surface area contributed by atoms with E-state index in [1.807, 2.05) is 13.8 Å². The molecular formula is C9H19N2O. The van der Waals surface area contributed by atoms with Crippen molar-refractivity contribution in [1.82, 2.24) is 5.06 Å². The van der Waals surface area contributed by atoms with E-state index in [0.717, 1.165) is 11.5 Å². The second-order valence-corrected chi connectivity index (χ2v) is 5.15. The van der Waals surface area contributed by atoms with Crippen LogP contribution in [0.5, 0.6) is 0 Å². The molecule has 1 atom stereocenters. The van der Waals surface area contributed by atoms with Gasteiger partial charge >= 0.3 is 0 Å². The summed E-state index contributed by atoms with van der Waals surface area (Å²) in [6.07, 6.45) is 0.781. The number of hydrogen-bond acceptors (Lipinski definition) is 2. The van der Waals surface area contributed by atoms with E-state index in [1.54, 1.807) is 0 Å². The van der Waals surface area contributed by atoms with Crippen LogP contribution in [0.4, 0.5) is 0 Å². The van der Waals surface area contributed by atoms with Gasteiger partial charge in [-0.2, -0.15) is 0 Å². The molecule has 12 heavy (non-hydrogen) atoms. The van der Waals surface area contributed by atoms with Crippen molar-refractivity contribution in [2.24, 2.45) is 11.1 Å². The van der Waals surface area contributed by atoms with Crippen molar-refractivity contribution in [1.29, 1.82) is 0 Å². The first-order chi connectivity index (χ1) is 5.26. The quantitative estimate of drug-likeness (QED) is 0.594. The minimum atomic E-state index is -0.283. The van der Waals surface area contributed by atoms with Gasteiger partial charge in [0.1, 0.15) is 0 Å². The Morgan fingerprint density at radius 2 is 1.83 bits per heavy atom. The van der Waals surface area contributed by atoms with E-state index in [-0.39, 0.29) is 17.0 Å². The fourth-order valence-electron chi connectivity index (χ4n) is 1.62. The molecule has 0 aromatic rings. The standard InChI is InChI=1S/C9H19N2O/c1-8(2)6-11(12)9(3,4)5-7(8)10/h7H,5-6,10H2,1-4H3. The Bertz CT molecular complexity index is 157. The number of nitrogens with zero attached hydrogens (tertiary/aromatic N) is 1. The highest BCUT2D eigenvalue weighted by atomic mass is 16.5. The Labute approximate surface area is 74.5 Å². The lowest BCUT2D eigenvalue weighted by atomic mass is 9.74. The van der Waals surface area contributed by atoms with E-state index in [1.165, 1.54) is 0 Å². The Kier molecular flexibility index (Phi) is 2.23. The molecule has 2 N–H and O–H groups in total. The first-order valence-corrected chi connectivity index (χ1v) is 4.46. The fourth-order valence-corrected chi connectivity index (χ4v) is 1.62. The van der Waals surface area contributed by atoms with Gasteiger partial charge < -0.3 is 5.73 Å². The molecule has 1 radical (unpaired) electrons. The van der Waals surface area contributed by atoms with Crippen LogP contribution >= 0.6 is 0 Å². The van der Waals surface area contributed by atoms with E-state index in [4.69, 9.17) is 5.73 Å². The highest BCUT2D eigenvalue weighted by molar-refractivity contribution is 4.96. The molecule has 71 valence electrons. The van der Waals surface area contributed by atoms with Gasteiger partial charge in [0.15, 0.2) is 0 Å². The summed E-state index contributed by atoms with van der Waals surface area (Å²) in [7, 11) is 0. The predicted molar refractivity (Wildman–Crippen MR) is 47.8 cm³/mol. The molecule has 0 aromatic heterocycles. The van der Waals surface area contributed by atoms with E-state index in [9.17, 15) is 5.21 Å². The van der Waals surface area contributed by atoms with Crippen LogP contribution in [0.15, 0.2) is 0 Å². The fraction of sp³-hybridized carbons (Fsp3) is 1.00. The van der Waals surface area contributed by atoms with Crippen LogP contribution in [0.2, 0.25) is 0 Å². The minimum Gasteiger partial charge on any atom is -0.327 e. The zero-order valence-corrected chi connectivity index (χ0v) is 8.42. The first kappa shape index (κ1) is 9.96. The third-order valence-electron chi connectivity index (χ3n) is 2.95. The summed E-state index contributed by atoms with van der Waals surface area (Å²) in [6, 6.07) is 0.137. The second kappa shape index (κ2) is 2.69. The maximum Gasteiger partial charge on any atom is 0.0452 e. The van der Waals surface area contributed by atoms with Crippen molar-refractivity contribution in [3.63, 3.8) is 0 Å². The van der Waals surface area contributed by atoms with Crippen LogP contribution in [0.25, 0.3) is 0 Å². The third kappa shape index (κ3) is 1.63. The average molecular weight is 171 g/mol. The van der Waals surface area contributed by atoms with Crippen molar-refractivity contribution in [3.8, 4) is 0 Å². The van der Waals surface area contributed by atoms with Gasteiger partial charge in [-0.1, -0.05) is 13.8 Å². The van der Waals surface area contributed by atoms with Gasteiger partial charge in [0.25, 0.3) is 0 Å². The maximum absolute atomic E-state index is 11.5. The van der Waals surface area contributed by atoms with E-state index >= 15 is 0 Å². The molecule has 1 aliphatic heterocycles. The lowest BCUT2D eigenvalue weighted by Gasteiger charge is -2.47. The number of piperidine rings is 1.